The topological polar surface area (TPSA) is 29.9 Å². The van der Waals surface area contributed by atoms with Crippen LogP contribution in [0.3, 0.4) is 0 Å². The molecule has 1 saturated heterocycles. The Hall–Kier alpha value is -0.830. The summed E-state index contributed by atoms with van der Waals surface area (Å²) in [4.78, 5) is 4.50. The van der Waals surface area contributed by atoms with Crippen molar-refractivity contribution in [1.82, 2.24) is 14.9 Å². The van der Waals surface area contributed by atoms with Gasteiger partial charge in [-0.15, -0.1) is 0 Å². The second kappa shape index (κ2) is 3.39. The molecule has 0 bridgehead atoms. The average molecular weight is 191 g/mol. The number of nitrogens with zero attached hydrogens (tertiary/aromatic N) is 2. The molecule has 14 heavy (non-hydrogen) atoms. The van der Waals surface area contributed by atoms with Crippen LogP contribution in [0.25, 0.3) is 0 Å². The van der Waals surface area contributed by atoms with Crippen LogP contribution >= 0.6 is 0 Å². The highest BCUT2D eigenvalue weighted by atomic mass is 15.1. The van der Waals surface area contributed by atoms with Gasteiger partial charge in [-0.2, -0.15) is 0 Å². The molecule has 1 aliphatic carbocycles. The van der Waals surface area contributed by atoms with E-state index in [1.807, 2.05) is 6.20 Å². The lowest BCUT2D eigenvalue weighted by molar-refractivity contribution is 0.360. The lowest BCUT2D eigenvalue weighted by atomic mass is 10.1. The van der Waals surface area contributed by atoms with E-state index in [9.17, 15) is 0 Å². The van der Waals surface area contributed by atoms with Crippen LogP contribution in [0.1, 0.15) is 43.5 Å². The van der Waals surface area contributed by atoms with Crippen LogP contribution in [0.15, 0.2) is 12.4 Å². The molecular formula is C11H17N3. The van der Waals surface area contributed by atoms with Gasteiger partial charge in [0.05, 0.1) is 0 Å². The van der Waals surface area contributed by atoms with Gasteiger partial charge in [-0.05, 0) is 38.8 Å². The van der Waals surface area contributed by atoms with Gasteiger partial charge in [-0.25, -0.2) is 4.98 Å². The molecule has 3 heteroatoms. The summed E-state index contributed by atoms with van der Waals surface area (Å²) >= 11 is 0. The van der Waals surface area contributed by atoms with E-state index in [4.69, 9.17) is 0 Å². The van der Waals surface area contributed by atoms with Crippen LogP contribution in [0.4, 0.5) is 0 Å². The van der Waals surface area contributed by atoms with Gasteiger partial charge in [-0.1, -0.05) is 0 Å². The highest BCUT2D eigenvalue weighted by molar-refractivity contribution is 5.09. The van der Waals surface area contributed by atoms with Crippen LogP contribution < -0.4 is 5.32 Å². The summed E-state index contributed by atoms with van der Waals surface area (Å²) in [6.07, 6.45) is 9.36. The van der Waals surface area contributed by atoms with Crippen molar-refractivity contribution >= 4 is 0 Å². The summed E-state index contributed by atoms with van der Waals surface area (Å²) in [5.74, 6) is 2.12. The molecule has 0 aromatic carbocycles. The van der Waals surface area contributed by atoms with Crippen LogP contribution in [0.5, 0.6) is 0 Å². The molecule has 3 nitrogen and oxygen atoms in total. The van der Waals surface area contributed by atoms with E-state index in [1.54, 1.807) is 0 Å². The highest BCUT2D eigenvalue weighted by Crippen LogP contribution is 2.40. The molecule has 1 aliphatic heterocycles. The fraction of sp³-hybridized carbons (Fsp3) is 0.727. The van der Waals surface area contributed by atoms with Crippen LogP contribution in [0.2, 0.25) is 0 Å². The molecule has 0 amide bonds. The molecule has 1 saturated carbocycles. The minimum Gasteiger partial charge on any atom is -0.332 e. The van der Waals surface area contributed by atoms with E-state index in [0.717, 1.165) is 19.0 Å². The van der Waals surface area contributed by atoms with Gasteiger partial charge in [0.1, 0.15) is 5.82 Å². The molecule has 2 aliphatic rings. The molecule has 76 valence electrons. The summed E-state index contributed by atoms with van der Waals surface area (Å²) in [5.41, 5.74) is 0. The van der Waals surface area contributed by atoms with E-state index >= 15 is 0 Å². The van der Waals surface area contributed by atoms with E-state index in [0.29, 0.717) is 6.04 Å². The summed E-state index contributed by atoms with van der Waals surface area (Å²) in [6.45, 7) is 2.32. The fourth-order valence-electron chi connectivity index (χ4n) is 2.38. The number of rotatable bonds is 2. The molecule has 2 fully saturated rings. The largest absolute Gasteiger partial charge is 0.332 e. The minimum atomic E-state index is 0.703. The maximum atomic E-state index is 4.50. The van der Waals surface area contributed by atoms with E-state index in [-0.39, 0.29) is 0 Å². The zero-order chi connectivity index (χ0) is 9.38. The van der Waals surface area contributed by atoms with E-state index < -0.39 is 0 Å². The smallest absolute Gasteiger partial charge is 0.112 e. The molecule has 0 atom stereocenters. The first-order valence-electron chi connectivity index (χ1n) is 5.68. The number of imidazole rings is 1. The maximum absolute atomic E-state index is 4.50. The van der Waals surface area contributed by atoms with E-state index in [1.165, 1.54) is 31.5 Å². The summed E-state index contributed by atoms with van der Waals surface area (Å²) in [7, 11) is 0. The third-order valence-corrected chi connectivity index (χ3v) is 3.34. The lowest BCUT2D eigenvalue weighted by Gasteiger charge is -2.25. The monoisotopic (exact) mass is 191 g/mol. The van der Waals surface area contributed by atoms with Gasteiger partial charge < -0.3 is 9.88 Å². The second-order valence-electron chi connectivity index (χ2n) is 4.45. The Morgan fingerprint density at radius 2 is 2.00 bits per heavy atom. The zero-order valence-electron chi connectivity index (χ0n) is 8.45. The van der Waals surface area contributed by atoms with Crippen molar-refractivity contribution in [3.05, 3.63) is 18.2 Å². The number of nitrogens with one attached hydrogen (secondary N) is 1. The number of aromatic nitrogens is 2. The van der Waals surface area contributed by atoms with Crippen LogP contribution in [0, 0.1) is 0 Å². The van der Waals surface area contributed by atoms with Gasteiger partial charge in [0.15, 0.2) is 0 Å². The van der Waals surface area contributed by atoms with Crippen molar-refractivity contribution in [3.63, 3.8) is 0 Å². The number of hydrogen-bond donors (Lipinski definition) is 1. The van der Waals surface area contributed by atoms with Crippen LogP contribution in [-0.2, 0) is 0 Å². The number of piperidine rings is 1. The number of hydrogen-bond acceptors (Lipinski definition) is 2. The van der Waals surface area contributed by atoms with Gasteiger partial charge in [0.2, 0.25) is 0 Å². The van der Waals surface area contributed by atoms with Crippen molar-refractivity contribution in [1.29, 1.82) is 0 Å². The molecule has 2 heterocycles. The van der Waals surface area contributed by atoms with Gasteiger partial charge >= 0.3 is 0 Å². The zero-order valence-corrected chi connectivity index (χ0v) is 8.45. The molecule has 0 radical (unpaired) electrons. The fourth-order valence-corrected chi connectivity index (χ4v) is 2.38. The Balaban J connectivity index is 1.82. The third-order valence-electron chi connectivity index (χ3n) is 3.34. The van der Waals surface area contributed by atoms with Crippen molar-refractivity contribution in [2.24, 2.45) is 0 Å². The summed E-state index contributed by atoms with van der Waals surface area (Å²) < 4.78 is 2.43. The standard InChI is InChI=1S/C11H17N3/c1-2-9(1)11-13-7-8-14(11)10-3-5-12-6-4-10/h7-10,12H,1-6H2. The Kier molecular flexibility index (Phi) is 2.05. The molecule has 3 rings (SSSR count). The van der Waals surface area contributed by atoms with Gasteiger partial charge in [0.25, 0.3) is 0 Å². The Bertz CT molecular complexity index is 308. The first-order valence-corrected chi connectivity index (χ1v) is 5.68. The third kappa shape index (κ3) is 1.46. The second-order valence-corrected chi connectivity index (χ2v) is 4.45. The molecule has 1 aromatic heterocycles. The Morgan fingerprint density at radius 3 is 2.71 bits per heavy atom. The summed E-state index contributed by atoms with van der Waals surface area (Å²) in [6, 6.07) is 0.703. The van der Waals surface area contributed by atoms with Crippen molar-refractivity contribution in [2.75, 3.05) is 13.1 Å². The van der Waals surface area contributed by atoms with Gasteiger partial charge in [-0.3, -0.25) is 0 Å². The highest BCUT2D eigenvalue weighted by Gasteiger charge is 2.29. The normalized spacial score (nSPS) is 24.0. The van der Waals surface area contributed by atoms with Gasteiger partial charge in [0, 0.05) is 24.4 Å². The van der Waals surface area contributed by atoms with Crippen molar-refractivity contribution in [3.8, 4) is 0 Å². The predicted molar refractivity (Wildman–Crippen MR) is 55.3 cm³/mol. The van der Waals surface area contributed by atoms with Crippen LogP contribution in [-0.4, -0.2) is 22.6 Å². The van der Waals surface area contributed by atoms with E-state index in [2.05, 4.69) is 21.1 Å². The van der Waals surface area contributed by atoms with Crippen molar-refractivity contribution in [2.45, 2.75) is 37.6 Å². The average Bonchev–Trinajstić information content (AvgIpc) is 2.98. The Labute approximate surface area is 84.5 Å². The molecular weight excluding hydrogens is 174 g/mol. The molecule has 0 spiro atoms. The summed E-state index contributed by atoms with van der Waals surface area (Å²) in [5, 5.41) is 3.41. The first-order chi connectivity index (χ1) is 6.95. The maximum Gasteiger partial charge on any atom is 0.112 e. The molecule has 1 aromatic rings. The molecule has 0 unspecified atom stereocenters. The lowest BCUT2D eigenvalue weighted by Crippen LogP contribution is -2.29. The SMILES string of the molecule is c1cn(C2CCNCC2)c(C2CC2)n1. The molecule has 1 N–H and O–H groups in total. The first kappa shape index (κ1) is 8.48. The quantitative estimate of drug-likeness (QED) is 0.771. The Morgan fingerprint density at radius 1 is 1.21 bits per heavy atom. The predicted octanol–water partition coefficient (Wildman–Crippen LogP) is 1.69. The van der Waals surface area contributed by atoms with Crippen molar-refractivity contribution < 1.29 is 0 Å². The minimum absolute atomic E-state index is 0.703.